The minimum Gasteiger partial charge on any atom is -0.454 e. The van der Waals surface area contributed by atoms with Gasteiger partial charge in [0.05, 0.1) is 5.92 Å². The monoisotopic (exact) mass is 366 g/mol. The maximum Gasteiger partial charge on any atom is 0.231 e. The van der Waals surface area contributed by atoms with E-state index in [0.717, 1.165) is 16.9 Å². The van der Waals surface area contributed by atoms with Crippen molar-refractivity contribution in [2.45, 2.75) is 25.2 Å². The summed E-state index contributed by atoms with van der Waals surface area (Å²) in [6, 6.07) is 13.8. The second kappa shape index (κ2) is 6.30. The highest BCUT2D eigenvalue weighted by molar-refractivity contribution is 5.70. The molecule has 6 nitrogen and oxygen atoms in total. The summed E-state index contributed by atoms with van der Waals surface area (Å²) in [5, 5.41) is 11.4. The molecule has 0 fully saturated rings. The molecule has 0 radical (unpaired) electrons. The number of likely N-dealkylation sites (N-methyl/N-ethyl adjacent to an activating group) is 1. The van der Waals surface area contributed by atoms with Gasteiger partial charge in [0.25, 0.3) is 0 Å². The third-order valence-corrected chi connectivity index (χ3v) is 5.47. The second-order valence-electron chi connectivity index (χ2n) is 7.49. The van der Waals surface area contributed by atoms with E-state index in [1.807, 2.05) is 43.5 Å². The Kier molecular flexibility index (Phi) is 4.06. The molecule has 0 spiro atoms. The van der Waals surface area contributed by atoms with Gasteiger partial charge in [-0.25, -0.2) is 0 Å². The van der Waals surface area contributed by atoms with Gasteiger partial charge in [-0.2, -0.15) is 0 Å². The van der Waals surface area contributed by atoms with Gasteiger partial charge in [0.1, 0.15) is 0 Å². The summed E-state index contributed by atoms with van der Waals surface area (Å²) < 4.78 is 10.8. The first-order chi connectivity index (χ1) is 12.9. The van der Waals surface area contributed by atoms with Crippen LogP contribution in [0.1, 0.15) is 30.9 Å². The predicted molar refractivity (Wildman–Crippen MR) is 103 cm³/mol. The lowest BCUT2D eigenvalue weighted by Crippen LogP contribution is -2.25. The van der Waals surface area contributed by atoms with Crippen LogP contribution in [-0.2, 0) is 5.41 Å². The fourth-order valence-electron chi connectivity index (χ4n) is 4.05. The summed E-state index contributed by atoms with van der Waals surface area (Å²) in [5.74, 6) is 0.957. The zero-order valence-corrected chi connectivity index (χ0v) is 15.6. The molecule has 2 aliphatic heterocycles. The maximum atomic E-state index is 11.4. The van der Waals surface area contributed by atoms with E-state index in [4.69, 9.17) is 9.47 Å². The van der Waals surface area contributed by atoms with E-state index in [1.165, 1.54) is 5.56 Å². The molecule has 1 atom stereocenters. The largest absolute Gasteiger partial charge is 0.454 e. The minimum atomic E-state index is -0.361. The van der Waals surface area contributed by atoms with Crippen LogP contribution in [-0.4, -0.2) is 25.3 Å². The van der Waals surface area contributed by atoms with Gasteiger partial charge in [-0.15, -0.1) is 0 Å². The Balaban J connectivity index is 1.77. The average Bonchev–Trinajstić information content (AvgIpc) is 3.18. The van der Waals surface area contributed by atoms with E-state index in [-0.39, 0.29) is 29.6 Å². The third-order valence-electron chi connectivity index (χ3n) is 5.47. The molecule has 27 heavy (non-hydrogen) atoms. The fraction of sp³-hybridized carbons (Fsp3) is 0.333. The predicted octanol–water partition coefficient (Wildman–Crippen LogP) is 4.09. The van der Waals surface area contributed by atoms with Gasteiger partial charge in [0, 0.05) is 28.8 Å². The molecule has 0 unspecified atom stereocenters. The Bertz CT molecular complexity index is 936. The molecule has 0 saturated carbocycles. The first-order valence-corrected chi connectivity index (χ1v) is 8.95. The van der Waals surface area contributed by atoms with Gasteiger partial charge in [-0.05, 0) is 29.3 Å². The molecule has 0 bridgehead atoms. The molecule has 2 heterocycles. The number of rotatable bonds is 4. The zero-order chi connectivity index (χ0) is 19.2. The number of allylic oxidation sites excluding steroid dienone is 1. The first-order valence-electron chi connectivity index (χ1n) is 8.95. The van der Waals surface area contributed by atoms with E-state index < -0.39 is 0 Å². The lowest BCUT2D eigenvalue weighted by Gasteiger charge is -2.26. The summed E-state index contributed by atoms with van der Waals surface area (Å²) in [7, 11) is 2.02. The zero-order valence-electron chi connectivity index (χ0n) is 15.6. The number of nitro groups is 1. The molecule has 0 N–H and O–H groups in total. The molecule has 140 valence electrons. The molecule has 0 aromatic heterocycles. The van der Waals surface area contributed by atoms with Crippen LogP contribution in [0.3, 0.4) is 0 Å². The number of hydrogen-bond acceptors (Lipinski definition) is 5. The van der Waals surface area contributed by atoms with Crippen molar-refractivity contribution in [1.82, 2.24) is 0 Å². The molecule has 0 saturated heterocycles. The third kappa shape index (κ3) is 2.91. The Morgan fingerprint density at radius 3 is 2.70 bits per heavy atom. The second-order valence-corrected chi connectivity index (χ2v) is 7.49. The van der Waals surface area contributed by atoms with Crippen molar-refractivity contribution < 1.29 is 14.4 Å². The fourth-order valence-corrected chi connectivity index (χ4v) is 4.05. The molecule has 2 aromatic rings. The number of ether oxygens (including phenoxy) is 2. The lowest BCUT2D eigenvalue weighted by molar-refractivity contribution is -0.481. The van der Waals surface area contributed by atoms with Gasteiger partial charge in [-0.3, -0.25) is 10.1 Å². The van der Waals surface area contributed by atoms with Crippen LogP contribution in [0.4, 0.5) is 5.69 Å². The molecular weight excluding hydrogens is 344 g/mol. The van der Waals surface area contributed by atoms with Crippen molar-refractivity contribution in [3.05, 3.63) is 75.5 Å². The average molecular weight is 366 g/mol. The molecule has 0 amide bonds. The van der Waals surface area contributed by atoms with Crippen molar-refractivity contribution in [1.29, 1.82) is 0 Å². The van der Waals surface area contributed by atoms with Gasteiger partial charge < -0.3 is 14.4 Å². The van der Waals surface area contributed by atoms with E-state index in [2.05, 4.69) is 30.9 Å². The van der Waals surface area contributed by atoms with E-state index in [0.29, 0.717) is 11.5 Å². The highest BCUT2D eigenvalue weighted by Crippen LogP contribution is 2.47. The van der Waals surface area contributed by atoms with Gasteiger partial charge in [0.15, 0.2) is 11.5 Å². The molecule has 4 rings (SSSR count). The number of anilines is 1. The van der Waals surface area contributed by atoms with Crippen molar-refractivity contribution >= 4 is 5.69 Å². The summed E-state index contributed by atoms with van der Waals surface area (Å²) in [4.78, 5) is 13.2. The number of nitrogens with zero attached hydrogens (tertiary/aromatic N) is 2. The number of fused-ring (bicyclic) bond motifs is 2. The van der Waals surface area contributed by atoms with Crippen LogP contribution < -0.4 is 14.4 Å². The van der Waals surface area contributed by atoms with Gasteiger partial charge >= 0.3 is 0 Å². The van der Waals surface area contributed by atoms with Crippen LogP contribution >= 0.6 is 0 Å². The minimum absolute atomic E-state index is 0.177. The molecule has 6 heteroatoms. The van der Waals surface area contributed by atoms with Crippen LogP contribution in [0.15, 0.2) is 54.2 Å². The molecular formula is C21H22N2O4. The summed E-state index contributed by atoms with van der Waals surface area (Å²) in [6.45, 7) is 4.32. The smallest absolute Gasteiger partial charge is 0.231 e. The Hall–Kier alpha value is -3.02. The van der Waals surface area contributed by atoms with Crippen molar-refractivity contribution in [2.75, 3.05) is 25.3 Å². The highest BCUT2D eigenvalue weighted by Gasteiger charge is 2.39. The Labute approximate surface area is 158 Å². The standard InChI is InChI=1S/C21H22N2O4/c1-21(2)16-6-4-5-7-17(16)22(3)20(21)11-15(12-23(24)25)14-8-9-18-19(10-14)27-13-26-18/h4-11,15H,12-13H2,1-3H3/b20-11-/t15-/m1/s1. The SMILES string of the molecule is CN1/C(=C\[C@H](C[N+](=O)[O-])c2ccc3c(c2)OCO3)C(C)(C)c2ccccc21. The molecule has 2 aliphatic rings. The van der Waals surface area contributed by atoms with Crippen LogP contribution in [0.5, 0.6) is 11.5 Å². The summed E-state index contributed by atoms with van der Waals surface area (Å²) in [5.41, 5.74) is 4.05. The quantitative estimate of drug-likeness (QED) is 0.602. The molecule has 0 aliphatic carbocycles. The van der Waals surface area contributed by atoms with Crippen LogP contribution in [0.2, 0.25) is 0 Å². The van der Waals surface area contributed by atoms with Gasteiger partial charge in [0.2, 0.25) is 13.3 Å². The van der Waals surface area contributed by atoms with E-state index >= 15 is 0 Å². The van der Waals surface area contributed by atoms with Crippen molar-refractivity contribution in [3.63, 3.8) is 0 Å². The van der Waals surface area contributed by atoms with Crippen molar-refractivity contribution in [2.24, 2.45) is 0 Å². The molecule has 2 aromatic carbocycles. The van der Waals surface area contributed by atoms with E-state index in [1.54, 1.807) is 0 Å². The van der Waals surface area contributed by atoms with Crippen LogP contribution in [0.25, 0.3) is 0 Å². The maximum absolute atomic E-state index is 11.4. The Morgan fingerprint density at radius 2 is 1.96 bits per heavy atom. The van der Waals surface area contributed by atoms with E-state index in [9.17, 15) is 10.1 Å². The van der Waals surface area contributed by atoms with Gasteiger partial charge in [-0.1, -0.05) is 44.2 Å². The normalized spacial score (nSPS) is 19.2. The summed E-state index contributed by atoms with van der Waals surface area (Å²) >= 11 is 0. The topological polar surface area (TPSA) is 64.8 Å². The summed E-state index contributed by atoms with van der Waals surface area (Å²) in [6.07, 6.45) is 2.03. The number of hydrogen-bond donors (Lipinski definition) is 0. The van der Waals surface area contributed by atoms with Crippen LogP contribution in [0, 0.1) is 10.1 Å². The first kappa shape index (κ1) is 17.4. The number of para-hydroxylation sites is 1. The number of benzene rings is 2. The lowest BCUT2D eigenvalue weighted by atomic mass is 9.82. The Morgan fingerprint density at radius 1 is 1.22 bits per heavy atom. The van der Waals surface area contributed by atoms with Crippen molar-refractivity contribution in [3.8, 4) is 11.5 Å². The highest BCUT2D eigenvalue weighted by atomic mass is 16.7.